The Bertz CT molecular complexity index is 994. The molecule has 1 atom stereocenters. The van der Waals surface area contributed by atoms with Crippen LogP contribution in [-0.2, 0) is 0 Å². The molecule has 1 aliphatic heterocycles. The first-order valence-corrected chi connectivity index (χ1v) is 8.25. The SMILES string of the molecule is O=C(Nc1ccc(F)c(-c2nc3ncc(Cl)cn3n2)c1)N1CCC(F)C1. The number of anilines is 1. The number of nitrogens with one attached hydrogen (secondary N) is 1. The van der Waals surface area contributed by atoms with Crippen molar-refractivity contribution >= 4 is 29.1 Å². The molecule has 2 aromatic heterocycles. The lowest BCUT2D eigenvalue weighted by Crippen LogP contribution is -2.33. The number of halogens is 3. The van der Waals surface area contributed by atoms with E-state index in [4.69, 9.17) is 11.6 Å². The fraction of sp³-hybridized carbons (Fsp3) is 0.250. The molecule has 2 amide bonds. The zero-order valence-corrected chi connectivity index (χ0v) is 14.1. The van der Waals surface area contributed by atoms with Gasteiger partial charge in [0.15, 0.2) is 5.82 Å². The average Bonchev–Trinajstić information content (AvgIpc) is 3.22. The number of nitrogens with zero attached hydrogens (tertiary/aromatic N) is 5. The maximum Gasteiger partial charge on any atom is 0.321 e. The number of hydrogen-bond acceptors (Lipinski definition) is 4. The second-order valence-corrected chi connectivity index (χ2v) is 6.35. The monoisotopic (exact) mass is 378 g/mol. The minimum atomic E-state index is -1.01. The van der Waals surface area contributed by atoms with Gasteiger partial charge in [0.25, 0.3) is 5.78 Å². The van der Waals surface area contributed by atoms with Gasteiger partial charge >= 0.3 is 6.03 Å². The minimum Gasteiger partial charge on any atom is -0.322 e. The summed E-state index contributed by atoms with van der Waals surface area (Å²) in [4.78, 5) is 21.7. The van der Waals surface area contributed by atoms with Gasteiger partial charge in [-0.3, -0.25) is 0 Å². The van der Waals surface area contributed by atoms with Crippen LogP contribution in [0.15, 0.2) is 30.6 Å². The van der Waals surface area contributed by atoms with Crippen molar-refractivity contribution in [2.45, 2.75) is 12.6 Å². The third-order valence-corrected chi connectivity index (χ3v) is 4.23. The maximum absolute atomic E-state index is 14.2. The molecular weight excluding hydrogens is 366 g/mol. The molecule has 1 unspecified atom stereocenters. The Hall–Kier alpha value is -2.81. The van der Waals surface area contributed by atoms with Crippen molar-refractivity contribution in [3.8, 4) is 11.4 Å². The highest BCUT2D eigenvalue weighted by molar-refractivity contribution is 6.30. The van der Waals surface area contributed by atoms with E-state index in [1.807, 2.05) is 0 Å². The number of hydrogen-bond donors (Lipinski definition) is 1. The molecule has 0 radical (unpaired) electrons. The second-order valence-electron chi connectivity index (χ2n) is 5.91. The fourth-order valence-corrected chi connectivity index (χ4v) is 2.89. The van der Waals surface area contributed by atoms with Gasteiger partial charge in [-0.05, 0) is 24.6 Å². The largest absolute Gasteiger partial charge is 0.322 e. The molecule has 3 aromatic rings. The molecule has 0 spiro atoms. The number of fused-ring (bicyclic) bond motifs is 1. The zero-order valence-electron chi connectivity index (χ0n) is 13.4. The predicted octanol–water partition coefficient (Wildman–Crippen LogP) is 3.16. The van der Waals surface area contributed by atoms with Crippen molar-refractivity contribution in [2.75, 3.05) is 18.4 Å². The van der Waals surface area contributed by atoms with Crippen LogP contribution in [0.3, 0.4) is 0 Å². The number of urea groups is 1. The molecule has 26 heavy (non-hydrogen) atoms. The van der Waals surface area contributed by atoms with Crippen LogP contribution in [0.2, 0.25) is 5.02 Å². The molecule has 1 saturated heterocycles. The summed E-state index contributed by atoms with van der Waals surface area (Å²) in [5.74, 6) is -0.169. The molecule has 7 nitrogen and oxygen atoms in total. The van der Waals surface area contributed by atoms with Crippen molar-refractivity contribution < 1.29 is 13.6 Å². The van der Waals surface area contributed by atoms with Crippen LogP contribution in [0.1, 0.15) is 6.42 Å². The normalized spacial score (nSPS) is 17.0. The van der Waals surface area contributed by atoms with Gasteiger partial charge in [-0.25, -0.2) is 23.1 Å². The first-order chi connectivity index (χ1) is 12.5. The maximum atomic E-state index is 14.2. The van der Waals surface area contributed by atoms with Crippen molar-refractivity contribution in [2.24, 2.45) is 0 Å². The van der Waals surface area contributed by atoms with Gasteiger partial charge in [0, 0.05) is 12.2 Å². The van der Waals surface area contributed by atoms with Crippen LogP contribution in [-0.4, -0.2) is 49.8 Å². The molecule has 0 bridgehead atoms. The number of carbonyl (C=O) groups is 1. The summed E-state index contributed by atoms with van der Waals surface area (Å²) >= 11 is 5.86. The molecule has 1 aromatic carbocycles. The van der Waals surface area contributed by atoms with Crippen molar-refractivity contribution in [3.63, 3.8) is 0 Å². The van der Waals surface area contributed by atoms with E-state index in [0.717, 1.165) is 0 Å². The first kappa shape index (κ1) is 16.6. The Morgan fingerprint density at radius 3 is 3.00 bits per heavy atom. The summed E-state index contributed by atoms with van der Waals surface area (Å²) in [5, 5.41) is 7.17. The molecule has 4 rings (SSSR count). The molecular formula is C16H13ClF2N6O. The minimum absolute atomic E-state index is 0.0559. The van der Waals surface area contributed by atoms with Crippen molar-refractivity contribution in [3.05, 3.63) is 41.4 Å². The summed E-state index contributed by atoms with van der Waals surface area (Å²) in [5.41, 5.74) is 0.466. The number of likely N-dealkylation sites (tertiary alicyclic amines) is 1. The zero-order chi connectivity index (χ0) is 18.3. The van der Waals surface area contributed by atoms with E-state index in [1.165, 1.54) is 40.0 Å². The van der Waals surface area contributed by atoms with Crippen molar-refractivity contribution in [1.82, 2.24) is 24.5 Å². The number of amides is 2. The Morgan fingerprint density at radius 1 is 1.38 bits per heavy atom. The van der Waals surface area contributed by atoms with Gasteiger partial charge in [0.1, 0.15) is 12.0 Å². The lowest BCUT2D eigenvalue weighted by atomic mass is 10.2. The highest BCUT2D eigenvalue weighted by Crippen LogP contribution is 2.25. The lowest BCUT2D eigenvalue weighted by Gasteiger charge is -2.16. The van der Waals surface area contributed by atoms with E-state index in [1.54, 1.807) is 0 Å². The summed E-state index contributed by atoms with van der Waals surface area (Å²) in [6, 6.07) is 3.62. The molecule has 1 aliphatic rings. The first-order valence-electron chi connectivity index (χ1n) is 7.87. The van der Waals surface area contributed by atoms with Gasteiger partial charge < -0.3 is 10.2 Å². The van der Waals surface area contributed by atoms with Gasteiger partial charge in [0.05, 0.1) is 29.5 Å². The lowest BCUT2D eigenvalue weighted by molar-refractivity contribution is 0.218. The standard InChI is InChI=1S/C16H13ClF2N6O/c17-9-6-20-15-22-14(23-25(15)7-9)12-5-11(1-2-13(12)19)21-16(26)24-4-3-10(18)8-24/h1-2,5-7,10H,3-4,8H2,(H,21,26). The smallest absolute Gasteiger partial charge is 0.321 e. The third kappa shape index (κ3) is 3.17. The third-order valence-electron chi connectivity index (χ3n) is 4.04. The Balaban J connectivity index is 1.62. The van der Waals surface area contributed by atoms with E-state index < -0.39 is 18.0 Å². The second kappa shape index (κ2) is 6.49. The van der Waals surface area contributed by atoms with E-state index in [0.29, 0.717) is 23.7 Å². The van der Waals surface area contributed by atoms with Gasteiger partial charge in [-0.15, -0.1) is 5.10 Å². The number of aromatic nitrogens is 4. The Kier molecular flexibility index (Phi) is 4.15. The van der Waals surface area contributed by atoms with Crippen LogP contribution in [0.25, 0.3) is 17.2 Å². The Morgan fingerprint density at radius 2 is 2.23 bits per heavy atom. The van der Waals surface area contributed by atoms with Crippen LogP contribution in [0.4, 0.5) is 19.3 Å². The molecule has 1 fully saturated rings. The van der Waals surface area contributed by atoms with Gasteiger partial charge in [0.2, 0.25) is 0 Å². The Labute approximate surface area is 151 Å². The van der Waals surface area contributed by atoms with Crippen LogP contribution < -0.4 is 5.32 Å². The van der Waals surface area contributed by atoms with E-state index in [-0.39, 0.29) is 23.7 Å². The summed E-state index contributed by atoms with van der Waals surface area (Å²) < 4.78 is 28.8. The summed E-state index contributed by atoms with van der Waals surface area (Å²) in [6.45, 7) is 0.405. The van der Waals surface area contributed by atoms with E-state index >= 15 is 0 Å². The predicted molar refractivity (Wildman–Crippen MR) is 91.3 cm³/mol. The fourth-order valence-electron chi connectivity index (χ4n) is 2.75. The molecule has 0 saturated carbocycles. The van der Waals surface area contributed by atoms with E-state index in [2.05, 4.69) is 20.4 Å². The summed E-state index contributed by atoms with van der Waals surface area (Å²) in [6.07, 6.45) is 2.23. The number of rotatable bonds is 2. The molecule has 1 N–H and O–H groups in total. The molecule has 0 aliphatic carbocycles. The molecule has 3 heterocycles. The number of benzene rings is 1. The topological polar surface area (TPSA) is 75.4 Å². The van der Waals surface area contributed by atoms with Crippen LogP contribution >= 0.6 is 11.6 Å². The molecule has 10 heteroatoms. The van der Waals surface area contributed by atoms with Crippen LogP contribution in [0, 0.1) is 5.82 Å². The highest BCUT2D eigenvalue weighted by atomic mass is 35.5. The quantitative estimate of drug-likeness (QED) is 0.743. The number of carbonyl (C=O) groups excluding carboxylic acids is 1. The molecule has 134 valence electrons. The van der Waals surface area contributed by atoms with Gasteiger partial charge in [-0.1, -0.05) is 11.6 Å². The summed E-state index contributed by atoms with van der Waals surface area (Å²) in [7, 11) is 0. The average molecular weight is 379 g/mol. The van der Waals surface area contributed by atoms with Crippen LogP contribution in [0.5, 0.6) is 0 Å². The van der Waals surface area contributed by atoms with Crippen molar-refractivity contribution in [1.29, 1.82) is 0 Å². The highest BCUT2D eigenvalue weighted by Gasteiger charge is 2.26. The van der Waals surface area contributed by atoms with Gasteiger partial charge in [-0.2, -0.15) is 4.98 Å². The number of alkyl halides is 1. The van der Waals surface area contributed by atoms with E-state index in [9.17, 15) is 13.6 Å².